The summed E-state index contributed by atoms with van der Waals surface area (Å²) in [5.74, 6) is 0. The first kappa shape index (κ1) is 11.0. The van der Waals surface area contributed by atoms with E-state index in [0.717, 1.165) is 0 Å². The molecule has 6 heteroatoms. The summed E-state index contributed by atoms with van der Waals surface area (Å²) < 4.78 is 0. The molecule has 10 heavy (non-hydrogen) atoms. The van der Waals surface area contributed by atoms with Gasteiger partial charge in [-0.2, -0.15) is 0 Å². The maximum Gasteiger partial charge on any atom is 0.341 e. The first-order valence-electron chi connectivity index (χ1n) is 2.67. The SMILES string of the molecule is O=C(Cl)CCC[Si](Cl)(Cl)Cl. The maximum absolute atomic E-state index is 10.2. The van der Waals surface area contributed by atoms with Gasteiger partial charge in [0.1, 0.15) is 0 Å². The van der Waals surface area contributed by atoms with Crippen molar-refractivity contribution >= 4 is 56.1 Å². The summed E-state index contributed by atoms with van der Waals surface area (Å²) in [6, 6.07) is -2.02. The van der Waals surface area contributed by atoms with Crippen LogP contribution >= 0.6 is 44.8 Å². The monoisotopic (exact) mass is 238 g/mol. The van der Waals surface area contributed by atoms with Crippen LogP contribution in [0.15, 0.2) is 0 Å². The van der Waals surface area contributed by atoms with Gasteiger partial charge in [0.05, 0.1) is 0 Å². The van der Waals surface area contributed by atoms with Gasteiger partial charge in [-0.05, 0) is 24.1 Å². The normalized spacial score (nSPS) is 11.6. The Hall–Kier alpha value is 1.05. The molecule has 0 aromatic heterocycles. The van der Waals surface area contributed by atoms with Crippen molar-refractivity contribution in [1.29, 1.82) is 0 Å². The molecule has 0 aromatic rings. The third-order valence-corrected chi connectivity index (χ3v) is 3.64. The van der Waals surface area contributed by atoms with E-state index in [1.165, 1.54) is 0 Å². The van der Waals surface area contributed by atoms with Crippen molar-refractivity contribution in [3.8, 4) is 0 Å². The Balaban J connectivity index is 3.29. The van der Waals surface area contributed by atoms with Crippen LogP contribution in [-0.4, -0.2) is 11.2 Å². The summed E-state index contributed by atoms with van der Waals surface area (Å²) in [4.78, 5) is 10.2. The summed E-state index contributed by atoms with van der Waals surface area (Å²) in [5.41, 5.74) is 0. The second-order valence-corrected chi connectivity index (χ2v) is 11.5. The molecule has 0 amide bonds. The van der Waals surface area contributed by atoms with E-state index in [-0.39, 0.29) is 5.24 Å². The molecule has 60 valence electrons. The lowest BCUT2D eigenvalue weighted by molar-refractivity contribution is -0.111. The minimum atomic E-state index is -2.52. The van der Waals surface area contributed by atoms with Crippen LogP contribution in [0.4, 0.5) is 0 Å². The van der Waals surface area contributed by atoms with Gasteiger partial charge >= 0.3 is 6.00 Å². The molecule has 0 spiro atoms. The smallest absolute Gasteiger partial charge is 0.281 e. The van der Waals surface area contributed by atoms with Crippen molar-refractivity contribution in [2.45, 2.75) is 18.9 Å². The maximum atomic E-state index is 10.2. The lowest BCUT2D eigenvalue weighted by atomic mass is 10.4. The Morgan fingerprint density at radius 3 is 2.10 bits per heavy atom. The molecule has 0 bridgehead atoms. The fourth-order valence-corrected chi connectivity index (χ4v) is 2.34. The fraction of sp³-hybridized carbons (Fsp3) is 0.750. The molecule has 0 rings (SSSR count). The van der Waals surface area contributed by atoms with E-state index < -0.39 is 6.00 Å². The van der Waals surface area contributed by atoms with Gasteiger partial charge in [-0.3, -0.25) is 4.79 Å². The van der Waals surface area contributed by atoms with Crippen LogP contribution in [0.3, 0.4) is 0 Å². The van der Waals surface area contributed by atoms with Gasteiger partial charge in [-0.15, -0.1) is 33.2 Å². The molecule has 0 radical (unpaired) electrons. The zero-order valence-electron chi connectivity index (χ0n) is 5.04. The Bertz CT molecular complexity index is 121. The number of carbonyl (C=O) groups is 1. The molecular formula is C4H6Cl4OSi. The van der Waals surface area contributed by atoms with Crippen molar-refractivity contribution in [1.82, 2.24) is 0 Å². The predicted octanol–water partition coefficient (Wildman–Crippen LogP) is 3.19. The fourth-order valence-electron chi connectivity index (χ4n) is 0.428. The predicted molar refractivity (Wildman–Crippen MR) is 48.2 cm³/mol. The van der Waals surface area contributed by atoms with Gasteiger partial charge < -0.3 is 0 Å². The zero-order chi connectivity index (χ0) is 8.20. The highest BCUT2D eigenvalue weighted by atomic mass is 35.8. The van der Waals surface area contributed by atoms with Crippen LogP contribution in [0, 0.1) is 0 Å². The number of hydrogen-bond donors (Lipinski definition) is 0. The summed E-state index contributed by atoms with van der Waals surface area (Å²) in [6.45, 7) is 0. The van der Waals surface area contributed by atoms with Gasteiger partial charge in [0.2, 0.25) is 5.24 Å². The molecule has 0 saturated heterocycles. The molecule has 1 nitrogen and oxygen atoms in total. The summed E-state index contributed by atoms with van der Waals surface area (Å²) >= 11 is 21.6. The minimum absolute atomic E-state index is 0.294. The highest BCUT2D eigenvalue weighted by molar-refractivity contribution is 7.64. The van der Waals surface area contributed by atoms with Crippen LogP contribution in [0.2, 0.25) is 6.04 Å². The molecule has 0 aliphatic rings. The molecule has 0 unspecified atom stereocenters. The second-order valence-electron chi connectivity index (χ2n) is 1.82. The molecule has 0 saturated carbocycles. The van der Waals surface area contributed by atoms with Crippen LogP contribution in [-0.2, 0) is 4.79 Å². The van der Waals surface area contributed by atoms with Crippen LogP contribution in [0.5, 0.6) is 0 Å². The van der Waals surface area contributed by atoms with Gasteiger partial charge in [0.15, 0.2) is 0 Å². The molecule has 0 heterocycles. The quantitative estimate of drug-likeness (QED) is 0.419. The van der Waals surface area contributed by atoms with Crippen LogP contribution in [0.1, 0.15) is 12.8 Å². The van der Waals surface area contributed by atoms with Crippen LogP contribution in [0.25, 0.3) is 0 Å². The van der Waals surface area contributed by atoms with Crippen molar-refractivity contribution in [3.05, 3.63) is 0 Å². The van der Waals surface area contributed by atoms with Crippen molar-refractivity contribution in [2.75, 3.05) is 0 Å². The van der Waals surface area contributed by atoms with Gasteiger partial charge in [-0.1, -0.05) is 0 Å². The second kappa shape index (κ2) is 4.83. The lowest BCUT2D eigenvalue weighted by Crippen LogP contribution is -2.08. The summed E-state index contributed by atoms with van der Waals surface area (Å²) in [7, 11) is 0. The van der Waals surface area contributed by atoms with Crippen molar-refractivity contribution in [3.63, 3.8) is 0 Å². The van der Waals surface area contributed by atoms with Crippen molar-refractivity contribution < 1.29 is 4.79 Å². The number of hydrogen-bond acceptors (Lipinski definition) is 1. The zero-order valence-corrected chi connectivity index (χ0v) is 9.07. The summed E-state index contributed by atoms with van der Waals surface area (Å²) in [5, 5.41) is -0.372. The Morgan fingerprint density at radius 1 is 1.30 bits per heavy atom. The van der Waals surface area contributed by atoms with E-state index in [4.69, 9.17) is 44.8 Å². The standard InChI is InChI=1S/C4H6Cl4OSi/c5-4(9)2-1-3-10(6,7)8/h1-3H2. The van der Waals surface area contributed by atoms with E-state index in [1.807, 2.05) is 0 Å². The molecule has 0 N–H and O–H groups in total. The van der Waals surface area contributed by atoms with Gasteiger partial charge in [0.25, 0.3) is 0 Å². The van der Waals surface area contributed by atoms with E-state index >= 15 is 0 Å². The third-order valence-electron chi connectivity index (χ3n) is 0.834. The largest absolute Gasteiger partial charge is 0.341 e. The Labute approximate surface area is 79.7 Å². The average Bonchev–Trinajstić information content (AvgIpc) is 1.59. The number of rotatable bonds is 4. The number of carbonyl (C=O) groups excluding carboxylic acids is 1. The first-order chi connectivity index (χ1) is 4.42. The first-order valence-corrected chi connectivity index (χ1v) is 8.29. The number of halogens is 4. The highest BCUT2D eigenvalue weighted by Crippen LogP contribution is 2.27. The molecule has 0 aliphatic heterocycles. The van der Waals surface area contributed by atoms with Gasteiger partial charge in [0, 0.05) is 6.42 Å². The van der Waals surface area contributed by atoms with E-state index in [1.54, 1.807) is 0 Å². The van der Waals surface area contributed by atoms with E-state index in [0.29, 0.717) is 18.9 Å². The summed E-state index contributed by atoms with van der Waals surface area (Å²) in [6.07, 6.45) is 0.869. The van der Waals surface area contributed by atoms with Crippen LogP contribution < -0.4 is 0 Å². The molecule has 0 aliphatic carbocycles. The average molecular weight is 240 g/mol. The Morgan fingerprint density at radius 2 is 1.80 bits per heavy atom. The van der Waals surface area contributed by atoms with Crippen molar-refractivity contribution in [2.24, 2.45) is 0 Å². The third kappa shape index (κ3) is 9.05. The van der Waals surface area contributed by atoms with Gasteiger partial charge in [-0.25, -0.2) is 0 Å². The van der Waals surface area contributed by atoms with E-state index in [9.17, 15) is 4.79 Å². The topological polar surface area (TPSA) is 17.1 Å². The molecule has 0 atom stereocenters. The molecule has 0 aromatic carbocycles. The lowest BCUT2D eigenvalue weighted by Gasteiger charge is -2.04. The van der Waals surface area contributed by atoms with E-state index in [2.05, 4.69) is 0 Å². The highest BCUT2D eigenvalue weighted by Gasteiger charge is 2.23. The molecular weight excluding hydrogens is 234 g/mol. The Kier molecular flexibility index (Phi) is 5.34. The molecule has 0 fully saturated rings. The minimum Gasteiger partial charge on any atom is -0.281 e.